The van der Waals surface area contributed by atoms with Gasteiger partial charge in [-0.3, -0.25) is 9.89 Å². The molecular weight excluding hydrogens is 236 g/mol. The molecule has 0 bridgehead atoms. The zero-order valence-corrected chi connectivity index (χ0v) is 10.2. The van der Waals surface area contributed by atoms with E-state index >= 15 is 0 Å². The third kappa shape index (κ3) is 2.29. The van der Waals surface area contributed by atoms with E-state index in [-0.39, 0.29) is 10.1 Å². The second kappa shape index (κ2) is 4.97. The number of rotatable bonds is 3. The Labute approximate surface area is 103 Å². The van der Waals surface area contributed by atoms with Gasteiger partial charge in [-0.25, -0.2) is 4.68 Å². The minimum atomic E-state index is -0.280. The van der Waals surface area contributed by atoms with Crippen LogP contribution in [0.5, 0.6) is 5.75 Å². The number of benzene rings is 1. The summed E-state index contributed by atoms with van der Waals surface area (Å²) in [6.45, 7) is 2.32. The standard InChI is InChI=1S/C12H12N2O2S/c1-2-16-10-8-13-14(12(15)11(10)17)9-6-4-3-5-7-9/h3-8,13H,2H2,1H3. The van der Waals surface area contributed by atoms with Crippen LogP contribution in [-0.2, 0) is 0 Å². The van der Waals surface area contributed by atoms with Crippen LogP contribution in [-0.4, -0.2) is 16.4 Å². The number of aromatic amines is 1. The highest BCUT2D eigenvalue weighted by Gasteiger charge is 2.05. The van der Waals surface area contributed by atoms with Crippen molar-refractivity contribution in [1.82, 2.24) is 9.78 Å². The van der Waals surface area contributed by atoms with Crippen LogP contribution >= 0.6 is 12.2 Å². The van der Waals surface area contributed by atoms with Crippen LogP contribution in [0.2, 0.25) is 0 Å². The topological polar surface area (TPSA) is 47.0 Å². The normalized spacial score (nSPS) is 10.2. The van der Waals surface area contributed by atoms with Gasteiger partial charge >= 0.3 is 0 Å². The van der Waals surface area contributed by atoms with Gasteiger partial charge in [-0.05, 0) is 19.1 Å². The van der Waals surface area contributed by atoms with Crippen molar-refractivity contribution in [3.63, 3.8) is 0 Å². The van der Waals surface area contributed by atoms with Gasteiger partial charge < -0.3 is 4.74 Å². The summed E-state index contributed by atoms with van der Waals surface area (Å²) in [4.78, 5) is 12.0. The molecule has 4 nitrogen and oxygen atoms in total. The van der Waals surface area contributed by atoms with E-state index in [1.165, 1.54) is 4.68 Å². The zero-order chi connectivity index (χ0) is 12.3. The fourth-order valence-corrected chi connectivity index (χ4v) is 1.69. The average molecular weight is 248 g/mol. The maximum atomic E-state index is 12.0. The molecule has 1 aromatic heterocycles. The molecule has 0 radical (unpaired) electrons. The summed E-state index contributed by atoms with van der Waals surface area (Å²) in [6, 6.07) is 9.25. The summed E-state index contributed by atoms with van der Waals surface area (Å²) in [6.07, 6.45) is 1.60. The molecule has 1 aromatic carbocycles. The third-order valence-corrected chi connectivity index (χ3v) is 2.64. The SMILES string of the molecule is CCOc1c[nH]n(-c2ccccc2)c(=O)c1=S. The van der Waals surface area contributed by atoms with Gasteiger partial charge in [-0.15, -0.1) is 0 Å². The van der Waals surface area contributed by atoms with E-state index in [1.54, 1.807) is 6.20 Å². The Bertz CT molecular complexity index is 616. The number of ether oxygens (including phenoxy) is 1. The molecule has 1 heterocycles. The minimum Gasteiger partial charge on any atom is -0.491 e. The third-order valence-electron chi connectivity index (χ3n) is 2.26. The summed E-state index contributed by atoms with van der Waals surface area (Å²) in [5, 5.41) is 2.86. The first-order chi connectivity index (χ1) is 8.24. The molecule has 0 aliphatic rings. The summed E-state index contributed by atoms with van der Waals surface area (Å²) in [7, 11) is 0. The molecule has 88 valence electrons. The number of para-hydroxylation sites is 1. The Kier molecular flexibility index (Phi) is 3.39. The predicted octanol–water partition coefficient (Wildman–Crippen LogP) is 2.29. The lowest BCUT2D eigenvalue weighted by Gasteiger charge is -2.08. The van der Waals surface area contributed by atoms with E-state index in [4.69, 9.17) is 17.0 Å². The molecule has 0 amide bonds. The monoisotopic (exact) mass is 248 g/mol. The lowest BCUT2D eigenvalue weighted by molar-refractivity contribution is 0.335. The largest absolute Gasteiger partial charge is 0.491 e. The first kappa shape index (κ1) is 11.6. The highest BCUT2D eigenvalue weighted by molar-refractivity contribution is 7.71. The van der Waals surface area contributed by atoms with Gasteiger partial charge in [0.1, 0.15) is 4.51 Å². The fourth-order valence-electron chi connectivity index (χ4n) is 1.49. The van der Waals surface area contributed by atoms with E-state index < -0.39 is 0 Å². The van der Waals surface area contributed by atoms with Crippen molar-refractivity contribution in [3.8, 4) is 11.4 Å². The quantitative estimate of drug-likeness (QED) is 0.848. The van der Waals surface area contributed by atoms with Crippen molar-refractivity contribution in [2.45, 2.75) is 6.92 Å². The molecule has 0 aliphatic heterocycles. The molecule has 0 aliphatic carbocycles. The van der Waals surface area contributed by atoms with E-state index in [2.05, 4.69) is 5.10 Å². The molecule has 2 aromatic rings. The average Bonchev–Trinajstić information content (AvgIpc) is 2.36. The van der Waals surface area contributed by atoms with Gasteiger partial charge in [-0.1, -0.05) is 30.4 Å². The number of nitrogens with one attached hydrogen (secondary N) is 1. The Morgan fingerprint density at radius 2 is 2.06 bits per heavy atom. The summed E-state index contributed by atoms with van der Waals surface area (Å²) < 4.78 is 6.84. The van der Waals surface area contributed by atoms with Crippen LogP contribution in [0.25, 0.3) is 5.69 Å². The second-order valence-electron chi connectivity index (χ2n) is 3.38. The summed E-state index contributed by atoms with van der Waals surface area (Å²) >= 11 is 5.07. The molecule has 0 unspecified atom stereocenters. The molecule has 0 atom stereocenters. The van der Waals surface area contributed by atoms with Crippen molar-refractivity contribution in [2.24, 2.45) is 0 Å². The van der Waals surface area contributed by atoms with Crippen LogP contribution in [0, 0.1) is 4.51 Å². The van der Waals surface area contributed by atoms with Crippen LogP contribution in [0.3, 0.4) is 0 Å². The molecular formula is C12H12N2O2S. The van der Waals surface area contributed by atoms with E-state index in [0.29, 0.717) is 12.4 Å². The van der Waals surface area contributed by atoms with Crippen LogP contribution in [0.15, 0.2) is 41.3 Å². The lowest BCUT2D eigenvalue weighted by Crippen LogP contribution is -2.21. The van der Waals surface area contributed by atoms with Crippen molar-refractivity contribution in [1.29, 1.82) is 0 Å². The molecule has 2 rings (SSSR count). The van der Waals surface area contributed by atoms with Crippen LogP contribution in [0.4, 0.5) is 0 Å². The first-order valence-electron chi connectivity index (χ1n) is 5.27. The molecule has 17 heavy (non-hydrogen) atoms. The second-order valence-corrected chi connectivity index (χ2v) is 3.78. The highest BCUT2D eigenvalue weighted by Crippen LogP contribution is 2.09. The molecule has 0 saturated heterocycles. The number of hydrogen-bond donors (Lipinski definition) is 1. The van der Waals surface area contributed by atoms with Crippen molar-refractivity contribution in [2.75, 3.05) is 6.61 Å². The molecule has 0 fully saturated rings. The molecule has 0 spiro atoms. The Hall–Kier alpha value is -1.88. The van der Waals surface area contributed by atoms with Crippen molar-refractivity contribution < 1.29 is 4.74 Å². The zero-order valence-electron chi connectivity index (χ0n) is 9.34. The van der Waals surface area contributed by atoms with Gasteiger partial charge in [-0.2, -0.15) is 0 Å². The maximum Gasteiger partial charge on any atom is 0.291 e. The number of nitrogens with zero attached hydrogens (tertiary/aromatic N) is 1. The Morgan fingerprint density at radius 1 is 1.35 bits per heavy atom. The predicted molar refractivity (Wildman–Crippen MR) is 68.4 cm³/mol. The molecule has 5 heteroatoms. The first-order valence-corrected chi connectivity index (χ1v) is 5.68. The van der Waals surface area contributed by atoms with Crippen molar-refractivity contribution >= 4 is 12.2 Å². The Morgan fingerprint density at radius 3 is 2.71 bits per heavy atom. The number of aromatic nitrogens is 2. The van der Waals surface area contributed by atoms with Gasteiger partial charge in [0, 0.05) is 0 Å². The smallest absolute Gasteiger partial charge is 0.291 e. The van der Waals surface area contributed by atoms with Gasteiger partial charge in [0.2, 0.25) is 0 Å². The van der Waals surface area contributed by atoms with E-state index in [1.807, 2.05) is 37.3 Å². The van der Waals surface area contributed by atoms with Crippen molar-refractivity contribution in [3.05, 3.63) is 51.4 Å². The van der Waals surface area contributed by atoms with Crippen LogP contribution in [0.1, 0.15) is 6.92 Å². The van der Waals surface area contributed by atoms with Gasteiger partial charge in [0.15, 0.2) is 5.75 Å². The van der Waals surface area contributed by atoms with Gasteiger partial charge in [0.05, 0.1) is 18.5 Å². The van der Waals surface area contributed by atoms with Crippen LogP contribution < -0.4 is 10.3 Å². The van der Waals surface area contributed by atoms with E-state index in [0.717, 1.165) is 5.69 Å². The fraction of sp³-hybridized carbons (Fsp3) is 0.167. The summed E-state index contributed by atoms with van der Waals surface area (Å²) in [5.74, 6) is 0.416. The molecule has 0 saturated carbocycles. The summed E-state index contributed by atoms with van der Waals surface area (Å²) in [5.41, 5.74) is 0.462. The Balaban J connectivity index is 2.56. The van der Waals surface area contributed by atoms with E-state index in [9.17, 15) is 4.79 Å². The van der Waals surface area contributed by atoms with Gasteiger partial charge in [0.25, 0.3) is 5.56 Å². The molecule has 1 N–H and O–H groups in total. The maximum absolute atomic E-state index is 12.0. The number of H-pyrrole nitrogens is 1. The lowest BCUT2D eigenvalue weighted by atomic mass is 10.3. The minimum absolute atomic E-state index is 0.189. The highest BCUT2D eigenvalue weighted by atomic mass is 32.1. The number of hydrogen-bond acceptors (Lipinski definition) is 3.